The standard InChI is InChI=1S/C11H11N5O4/c1-20-6-9-10(11(17)15-13-9)14-12-7-2-4-8(5-3-7)16(18)19/h2-5H,6H2,1H3,(H2,13,15,17). The van der Waals surface area contributed by atoms with Crippen molar-refractivity contribution in [3.05, 3.63) is 50.4 Å². The average molecular weight is 277 g/mol. The van der Waals surface area contributed by atoms with E-state index in [1.807, 2.05) is 0 Å². The van der Waals surface area contributed by atoms with Crippen LogP contribution in [0.3, 0.4) is 0 Å². The lowest BCUT2D eigenvalue weighted by molar-refractivity contribution is -0.384. The third-order valence-electron chi connectivity index (χ3n) is 2.44. The summed E-state index contributed by atoms with van der Waals surface area (Å²) in [5.74, 6) is 0. The van der Waals surface area contributed by atoms with Crippen molar-refractivity contribution in [2.75, 3.05) is 7.11 Å². The summed E-state index contributed by atoms with van der Waals surface area (Å²) in [6.07, 6.45) is 0. The van der Waals surface area contributed by atoms with E-state index in [-0.39, 0.29) is 18.0 Å². The molecule has 2 N–H and O–H groups in total. The number of nitro groups is 1. The highest BCUT2D eigenvalue weighted by atomic mass is 16.6. The maximum atomic E-state index is 11.5. The molecule has 0 fully saturated rings. The lowest BCUT2D eigenvalue weighted by Gasteiger charge is -1.95. The number of aromatic amines is 2. The van der Waals surface area contributed by atoms with E-state index in [0.29, 0.717) is 11.4 Å². The zero-order valence-corrected chi connectivity index (χ0v) is 10.5. The second kappa shape index (κ2) is 5.89. The van der Waals surface area contributed by atoms with Crippen molar-refractivity contribution >= 4 is 17.1 Å². The topological polar surface area (TPSA) is 126 Å². The molecule has 0 bridgehead atoms. The first kappa shape index (κ1) is 13.6. The quantitative estimate of drug-likeness (QED) is 0.493. The molecule has 0 radical (unpaired) electrons. The van der Waals surface area contributed by atoms with Gasteiger partial charge in [-0.2, -0.15) is 5.11 Å². The SMILES string of the molecule is COCc1[nH][nH]c(=O)c1N=Nc1ccc([N+](=O)[O-])cc1. The molecule has 1 aromatic carbocycles. The summed E-state index contributed by atoms with van der Waals surface area (Å²) in [5, 5.41) is 23.2. The van der Waals surface area contributed by atoms with Crippen molar-refractivity contribution in [1.82, 2.24) is 10.2 Å². The number of methoxy groups -OCH3 is 1. The van der Waals surface area contributed by atoms with Crippen LogP contribution in [0.2, 0.25) is 0 Å². The smallest absolute Gasteiger partial charge is 0.292 e. The number of rotatable bonds is 5. The summed E-state index contributed by atoms with van der Waals surface area (Å²) in [5.41, 5.74) is 0.541. The number of nitro benzene ring substituents is 1. The summed E-state index contributed by atoms with van der Waals surface area (Å²) in [7, 11) is 1.49. The number of benzene rings is 1. The Morgan fingerprint density at radius 2 is 1.95 bits per heavy atom. The second-order valence-electron chi connectivity index (χ2n) is 3.81. The largest absolute Gasteiger partial charge is 0.378 e. The molecule has 9 heteroatoms. The molecule has 2 aromatic rings. The van der Waals surface area contributed by atoms with Crippen molar-refractivity contribution in [3.8, 4) is 0 Å². The first-order valence-electron chi connectivity index (χ1n) is 5.56. The van der Waals surface area contributed by atoms with Gasteiger partial charge >= 0.3 is 0 Å². The molecule has 0 spiro atoms. The Bertz CT molecular complexity index is 686. The number of azo groups is 1. The molecule has 0 aliphatic heterocycles. The van der Waals surface area contributed by atoms with E-state index in [4.69, 9.17) is 4.74 Å². The van der Waals surface area contributed by atoms with Gasteiger partial charge in [-0.15, -0.1) is 5.11 Å². The second-order valence-corrected chi connectivity index (χ2v) is 3.81. The van der Waals surface area contributed by atoms with Crippen molar-refractivity contribution < 1.29 is 9.66 Å². The predicted molar refractivity (Wildman–Crippen MR) is 69.4 cm³/mol. The number of hydrogen-bond donors (Lipinski definition) is 2. The van der Waals surface area contributed by atoms with Crippen LogP contribution in [0.5, 0.6) is 0 Å². The molecular weight excluding hydrogens is 266 g/mol. The molecule has 0 amide bonds. The minimum absolute atomic E-state index is 0.0384. The van der Waals surface area contributed by atoms with Gasteiger partial charge in [-0.25, -0.2) is 0 Å². The fourth-order valence-corrected chi connectivity index (χ4v) is 1.49. The Balaban J connectivity index is 2.23. The first-order valence-corrected chi connectivity index (χ1v) is 5.56. The lowest BCUT2D eigenvalue weighted by atomic mass is 10.3. The van der Waals surface area contributed by atoms with Crippen LogP contribution < -0.4 is 5.56 Å². The summed E-state index contributed by atoms with van der Waals surface area (Å²) >= 11 is 0. The molecule has 0 saturated carbocycles. The van der Waals surface area contributed by atoms with Gasteiger partial charge in [0.05, 0.1) is 22.9 Å². The van der Waals surface area contributed by atoms with E-state index >= 15 is 0 Å². The van der Waals surface area contributed by atoms with Gasteiger partial charge in [-0.1, -0.05) is 0 Å². The normalized spacial score (nSPS) is 11.1. The molecule has 0 unspecified atom stereocenters. The fourth-order valence-electron chi connectivity index (χ4n) is 1.49. The zero-order chi connectivity index (χ0) is 14.5. The van der Waals surface area contributed by atoms with Gasteiger partial charge in [-0.3, -0.25) is 25.1 Å². The monoisotopic (exact) mass is 277 g/mol. The third kappa shape index (κ3) is 2.95. The summed E-state index contributed by atoms with van der Waals surface area (Å²) in [4.78, 5) is 21.5. The van der Waals surface area contributed by atoms with Gasteiger partial charge in [-0.05, 0) is 12.1 Å². The van der Waals surface area contributed by atoms with E-state index in [9.17, 15) is 14.9 Å². The summed E-state index contributed by atoms with van der Waals surface area (Å²) in [6, 6.07) is 5.51. The zero-order valence-electron chi connectivity index (χ0n) is 10.5. The molecule has 1 aromatic heterocycles. The number of nitrogens with zero attached hydrogens (tertiary/aromatic N) is 3. The van der Waals surface area contributed by atoms with Gasteiger partial charge < -0.3 is 4.74 Å². The number of non-ortho nitro benzene ring substituents is 1. The lowest BCUT2D eigenvalue weighted by Crippen LogP contribution is -1.97. The molecule has 0 atom stereocenters. The van der Waals surface area contributed by atoms with Crippen molar-refractivity contribution in [2.24, 2.45) is 10.2 Å². The summed E-state index contributed by atoms with van der Waals surface area (Å²) in [6.45, 7) is 0.188. The third-order valence-corrected chi connectivity index (χ3v) is 2.44. The van der Waals surface area contributed by atoms with Crippen LogP contribution >= 0.6 is 0 Å². The van der Waals surface area contributed by atoms with E-state index in [1.165, 1.54) is 31.4 Å². The number of hydrogen-bond acceptors (Lipinski definition) is 6. The van der Waals surface area contributed by atoms with Crippen LogP contribution in [0, 0.1) is 10.1 Å². The first-order chi connectivity index (χ1) is 9.61. The number of H-pyrrole nitrogens is 2. The van der Waals surface area contributed by atoms with Crippen LogP contribution in [0.15, 0.2) is 39.3 Å². The molecule has 104 valence electrons. The molecule has 2 rings (SSSR count). The Kier molecular flexibility index (Phi) is 4.01. The van der Waals surface area contributed by atoms with Crippen LogP contribution in [0.25, 0.3) is 0 Å². The van der Waals surface area contributed by atoms with E-state index < -0.39 is 10.5 Å². The molecule has 0 saturated heterocycles. The van der Waals surface area contributed by atoms with E-state index in [1.54, 1.807) is 0 Å². The van der Waals surface area contributed by atoms with Crippen molar-refractivity contribution in [3.63, 3.8) is 0 Å². The van der Waals surface area contributed by atoms with Gasteiger partial charge in [0.2, 0.25) is 0 Å². The van der Waals surface area contributed by atoms with Crippen LogP contribution in [0.4, 0.5) is 17.1 Å². The highest BCUT2D eigenvalue weighted by Crippen LogP contribution is 2.21. The number of nitrogens with one attached hydrogen (secondary N) is 2. The minimum Gasteiger partial charge on any atom is -0.378 e. The Hall–Kier alpha value is -2.81. The molecule has 20 heavy (non-hydrogen) atoms. The maximum absolute atomic E-state index is 11.5. The Labute approximate surface area is 112 Å². The van der Waals surface area contributed by atoms with Crippen molar-refractivity contribution in [1.29, 1.82) is 0 Å². The van der Waals surface area contributed by atoms with Gasteiger partial charge in [0.25, 0.3) is 11.2 Å². The molecule has 9 nitrogen and oxygen atoms in total. The number of aromatic nitrogens is 2. The molecular formula is C11H11N5O4. The van der Waals surface area contributed by atoms with Crippen LogP contribution in [-0.2, 0) is 11.3 Å². The predicted octanol–water partition coefficient (Wildman–Crippen LogP) is 2.17. The van der Waals surface area contributed by atoms with Crippen LogP contribution in [0.1, 0.15) is 5.69 Å². The Morgan fingerprint density at radius 1 is 1.25 bits per heavy atom. The Morgan fingerprint density at radius 3 is 2.55 bits per heavy atom. The van der Waals surface area contributed by atoms with Gasteiger partial charge in [0, 0.05) is 19.2 Å². The molecule has 0 aliphatic carbocycles. The van der Waals surface area contributed by atoms with Crippen molar-refractivity contribution in [2.45, 2.75) is 6.61 Å². The van der Waals surface area contributed by atoms with E-state index in [2.05, 4.69) is 20.4 Å². The number of ether oxygens (including phenoxy) is 1. The highest BCUT2D eigenvalue weighted by molar-refractivity contribution is 5.45. The highest BCUT2D eigenvalue weighted by Gasteiger charge is 2.09. The minimum atomic E-state index is -0.505. The van der Waals surface area contributed by atoms with Gasteiger partial charge in [0.15, 0.2) is 5.69 Å². The molecule has 1 heterocycles. The summed E-state index contributed by atoms with van der Waals surface area (Å²) < 4.78 is 4.91. The van der Waals surface area contributed by atoms with Gasteiger partial charge in [0.1, 0.15) is 0 Å². The maximum Gasteiger partial charge on any atom is 0.292 e. The fraction of sp³-hybridized carbons (Fsp3) is 0.182. The molecule has 0 aliphatic rings. The van der Waals surface area contributed by atoms with E-state index in [0.717, 1.165) is 0 Å². The average Bonchev–Trinajstić information content (AvgIpc) is 2.78. The van der Waals surface area contributed by atoms with Crippen LogP contribution in [-0.4, -0.2) is 22.2 Å².